The molecule has 1 aromatic rings. The van der Waals surface area contributed by atoms with Crippen LogP contribution in [-0.4, -0.2) is 16.8 Å². The van der Waals surface area contributed by atoms with Crippen molar-refractivity contribution in [1.82, 2.24) is 0 Å². The lowest BCUT2D eigenvalue weighted by Crippen LogP contribution is -2.20. The standard InChI is InChI=1S/C12H16N2O2/c1-12(2,3)10(15)8-4-6-9(7-5-8)11(13)14-16/h4-7,16H,1-3H3,(H2,13,14). The van der Waals surface area contributed by atoms with Gasteiger partial charge in [0.25, 0.3) is 0 Å². The van der Waals surface area contributed by atoms with Gasteiger partial charge in [0, 0.05) is 16.5 Å². The summed E-state index contributed by atoms with van der Waals surface area (Å²) in [5.74, 6) is 0.105. The van der Waals surface area contributed by atoms with Crippen molar-refractivity contribution < 1.29 is 10.0 Å². The molecule has 0 unspecified atom stereocenters. The largest absolute Gasteiger partial charge is 0.409 e. The van der Waals surface area contributed by atoms with Crippen LogP contribution in [0, 0.1) is 5.41 Å². The molecule has 0 radical (unpaired) electrons. The Morgan fingerprint density at radius 1 is 1.19 bits per heavy atom. The van der Waals surface area contributed by atoms with Crippen molar-refractivity contribution in [1.29, 1.82) is 0 Å². The quantitative estimate of drug-likeness (QED) is 0.263. The molecular formula is C12H16N2O2. The van der Waals surface area contributed by atoms with E-state index in [0.717, 1.165) is 0 Å². The molecule has 0 heterocycles. The monoisotopic (exact) mass is 220 g/mol. The first kappa shape index (κ1) is 12.2. The zero-order valence-corrected chi connectivity index (χ0v) is 9.69. The summed E-state index contributed by atoms with van der Waals surface area (Å²) in [7, 11) is 0. The molecule has 0 atom stereocenters. The maximum Gasteiger partial charge on any atom is 0.170 e. The first-order valence-electron chi connectivity index (χ1n) is 4.99. The fourth-order valence-corrected chi connectivity index (χ4v) is 1.28. The van der Waals surface area contributed by atoms with Crippen LogP contribution in [0.4, 0.5) is 0 Å². The number of carbonyl (C=O) groups is 1. The van der Waals surface area contributed by atoms with Crippen molar-refractivity contribution in [3.05, 3.63) is 35.4 Å². The minimum absolute atomic E-state index is 0.0368. The normalized spacial score (nSPS) is 12.6. The second-order valence-electron chi connectivity index (χ2n) is 4.64. The van der Waals surface area contributed by atoms with Crippen molar-refractivity contribution in [3.63, 3.8) is 0 Å². The molecule has 0 spiro atoms. The van der Waals surface area contributed by atoms with Crippen LogP contribution in [0.5, 0.6) is 0 Å². The van der Waals surface area contributed by atoms with Gasteiger partial charge in [-0.2, -0.15) is 0 Å². The van der Waals surface area contributed by atoms with Crippen LogP contribution in [0.25, 0.3) is 0 Å². The van der Waals surface area contributed by atoms with Crippen molar-refractivity contribution in [2.75, 3.05) is 0 Å². The van der Waals surface area contributed by atoms with E-state index in [-0.39, 0.29) is 11.6 Å². The third kappa shape index (κ3) is 2.59. The van der Waals surface area contributed by atoms with Crippen LogP contribution in [0.2, 0.25) is 0 Å². The van der Waals surface area contributed by atoms with Gasteiger partial charge in [0.2, 0.25) is 0 Å². The molecule has 16 heavy (non-hydrogen) atoms. The van der Waals surface area contributed by atoms with Gasteiger partial charge >= 0.3 is 0 Å². The van der Waals surface area contributed by atoms with Crippen LogP contribution in [0.3, 0.4) is 0 Å². The van der Waals surface area contributed by atoms with Crippen molar-refractivity contribution in [2.24, 2.45) is 16.3 Å². The summed E-state index contributed by atoms with van der Waals surface area (Å²) in [5.41, 5.74) is 6.23. The molecule has 4 heteroatoms. The van der Waals surface area contributed by atoms with E-state index in [0.29, 0.717) is 11.1 Å². The van der Waals surface area contributed by atoms with E-state index in [1.165, 1.54) is 0 Å². The van der Waals surface area contributed by atoms with Gasteiger partial charge in [0.05, 0.1) is 0 Å². The van der Waals surface area contributed by atoms with Gasteiger partial charge < -0.3 is 10.9 Å². The highest BCUT2D eigenvalue weighted by atomic mass is 16.4. The Labute approximate surface area is 94.8 Å². The molecule has 0 aliphatic heterocycles. The van der Waals surface area contributed by atoms with Crippen LogP contribution in [0.1, 0.15) is 36.7 Å². The summed E-state index contributed by atoms with van der Waals surface area (Å²) in [5, 5.41) is 11.4. The number of Topliss-reactive ketones (excluding diaryl/α,β-unsaturated/α-hetero) is 1. The molecule has 4 nitrogen and oxygen atoms in total. The van der Waals surface area contributed by atoms with Crippen molar-refractivity contribution in [3.8, 4) is 0 Å². The Morgan fingerprint density at radius 3 is 2.00 bits per heavy atom. The molecule has 0 amide bonds. The Balaban J connectivity index is 3.01. The van der Waals surface area contributed by atoms with E-state index < -0.39 is 5.41 Å². The highest BCUT2D eigenvalue weighted by Gasteiger charge is 2.22. The number of hydrogen-bond donors (Lipinski definition) is 2. The van der Waals surface area contributed by atoms with Crippen LogP contribution in [0.15, 0.2) is 29.4 Å². The van der Waals surface area contributed by atoms with Crippen molar-refractivity contribution in [2.45, 2.75) is 20.8 Å². The Morgan fingerprint density at radius 2 is 1.62 bits per heavy atom. The van der Waals surface area contributed by atoms with E-state index in [4.69, 9.17) is 10.9 Å². The third-order valence-corrected chi connectivity index (χ3v) is 2.23. The minimum Gasteiger partial charge on any atom is -0.409 e. The van der Waals surface area contributed by atoms with E-state index in [1.807, 2.05) is 20.8 Å². The molecule has 0 saturated carbocycles. The Kier molecular flexibility index (Phi) is 3.32. The second-order valence-corrected chi connectivity index (χ2v) is 4.64. The van der Waals surface area contributed by atoms with Crippen LogP contribution >= 0.6 is 0 Å². The van der Waals surface area contributed by atoms with E-state index >= 15 is 0 Å². The lowest BCUT2D eigenvalue weighted by molar-refractivity contribution is 0.0858. The SMILES string of the molecule is CC(C)(C)C(=O)c1ccc(/C(N)=N\O)cc1. The summed E-state index contributed by atoms with van der Waals surface area (Å²) < 4.78 is 0. The van der Waals surface area contributed by atoms with Gasteiger partial charge in [0.1, 0.15) is 0 Å². The first-order chi connectivity index (χ1) is 7.36. The summed E-state index contributed by atoms with van der Waals surface area (Å²) in [4.78, 5) is 11.9. The van der Waals surface area contributed by atoms with E-state index in [2.05, 4.69) is 5.16 Å². The zero-order valence-electron chi connectivity index (χ0n) is 9.69. The first-order valence-corrected chi connectivity index (χ1v) is 4.99. The number of oxime groups is 1. The van der Waals surface area contributed by atoms with Gasteiger partial charge in [-0.1, -0.05) is 50.2 Å². The number of ketones is 1. The number of nitrogens with zero attached hydrogens (tertiary/aromatic N) is 1. The average molecular weight is 220 g/mol. The Hall–Kier alpha value is -1.84. The molecule has 0 aromatic heterocycles. The number of nitrogens with two attached hydrogens (primary N) is 1. The lowest BCUT2D eigenvalue weighted by Gasteiger charge is -2.16. The second kappa shape index (κ2) is 4.35. The number of rotatable bonds is 2. The molecule has 0 bridgehead atoms. The molecular weight excluding hydrogens is 204 g/mol. The third-order valence-electron chi connectivity index (χ3n) is 2.23. The topological polar surface area (TPSA) is 75.7 Å². The highest BCUT2D eigenvalue weighted by molar-refractivity contribution is 6.01. The zero-order chi connectivity index (χ0) is 12.3. The number of amidine groups is 1. The number of carbonyl (C=O) groups excluding carboxylic acids is 1. The highest BCUT2D eigenvalue weighted by Crippen LogP contribution is 2.20. The summed E-state index contributed by atoms with van der Waals surface area (Å²) in [6.45, 7) is 5.60. The molecule has 1 rings (SSSR count). The minimum atomic E-state index is -0.405. The molecule has 86 valence electrons. The van der Waals surface area contributed by atoms with Gasteiger partial charge in [-0.15, -0.1) is 0 Å². The summed E-state index contributed by atoms with van der Waals surface area (Å²) in [6, 6.07) is 6.68. The predicted octanol–water partition coefficient (Wildman–Crippen LogP) is 2.01. The molecule has 0 saturated heterocycles. The molecule has 0 fully saturated rings. The van der Waals surface area contributed by atoms with Gasteiger partial charge in [-0.05, 0) is 0 Å². The van der Waals surface area contributed by atoms with Crippen molar-refractivity contribution >= 4 is 11.6 Å². The molecule has 0 aliphatic carbocycles. The maximum absolute atomic E-state index is 11.9. The lowest BCUT2D eigenvalue weighted by atomic mass is 9.86. The maximum atomic E-state index is 11.9. The number of benzene rings is 1. The molecule has 1 aromatic carbocycles. The van der Waals surface area contributed by atoms with Gasteiger partial charge in [-0.25, -0.2) is 0 Å². The van der Waals surface area contributed by atoms with E-state index in [9.17, 15) is 4.79 Å². The van der Waals surface area contributed by atoms with Gasteiger partial charge in [-0.3, -0.25) is 4.79 Å². The molecule has 3 N–H and O–H groups in total. The van der Waals surface area contributed by atoms with Crippen LogP contribution < -0.4 is 5.73 Å². The predicted molar refractivity (Wildman–Crippen MR) is 62.7 cm³/mol. The fraction of sp³-hybridized carbons (Fsp3) is 0.333. The fourth-order valence-electron chi connectivity index (χ4n) is 1.28. The summed E-state index contributed by atoms with van der Waals surface area (Å²) >= 11 is 0. The molecule has 0 aliphatic rings. The summed E-state index contributed by atoms with van der Waals surface area (Å²) in [6.07, 6.45) is 0. The van der Waals surface area contributed by atoms with E-state index in [1.54, 1.807) is 24.3 Å². The van der Waals surface area contributed by atoms with Crippen LogP contribution in [-0.2, 0) is 0 Å². The smallest absolute Gasteiger partial charge is 0.170 e. The number of hydrogen-bond acceptors (Lipinski definition) is 3. The Bertz CT molecular complexity index is 414. The average Bonchev–Trinajstić information content (AvgIpc) is 2.26. The van der Waals surface area contributed by atoms with Gasteiger partial charge in [0.15, 0.2) is 11.6 Å².